The molecule has 0 unspecified atom stereocenters. The summed E-state index contributed by atoms with van der Waals surface area (Å²) in [5, 5.41) is 7.20. The van der Waals surface area contributed by atoms with E-state index < -0.39 is 0 Å². The Labute approximate surface area is 388 Å². The molecule has 2 heterocycles. The van der Waals surface area contributed by atoms with E-state index in [1.54, 1.807) is 0 Å². The third kappa shape index (κ3) is 6.51. The van der Waals surface area contributed by atoms with E-state index in [2.05, 4.69) is 252 Å². The summed E-state index contributed by atoms with van der Waals surface area (Å²) in [5.41, 5.74) is 17.7. The van der Waals surface area contributed by atoms with Crippen LogP contribution in [0.15, 0.2) is 259 Å². The first-order valence-electron chi connectivity index (χ1n) is 22.9. The van der Waals surface area contributed by atoms with Crippen LogP contribution in [0, 0.1) is 0 Å². The van der Waals surface area contributed by atoms with Crippen LogP contribution in [-0.4, -0.2) is 4.57 Å². The normalized spacial score (nSPS) is 11.6. The van der Waals surface area contributed by atoms with Crippen molar-refractivity contribution in [1.82, 2.24) is 4.57 Å². The van der Waals surface area contributed by atoms with Crippen molar-refractivity contribution < 1.29 is 4.42 Å². The number of benzene rings is 11. The van der Waals surface area contributed by atoms with Gasteiger partial charge in [0.15, 0.2) is 0 Å². The number of fused-ring (bicyclic) bond motifs is 7. The molecule has 0 atom stereocenters. The van der Waals surface area contributed by atoms with Gasteiger partial charge >= 0.3 is 0 Å². The van der Waals surface area contributed by atoms with E-state index in [4.69, 9.17) is 4.42 Å². The molecule has 0 spiro atoms. The summed E-state index contributed by atoms with van der Waals surface area (Å²) in [6.07, 6.45) is 0. The maximum absolute atomic E-state index is 6.48. The second-order valence-electron chi connectivity index (χ2n) is 17.2. The van der Waals surface area contributed by atoms with Crippen molar-refractivity contribution in [2.24, 2.45) is 0 Å². The Hall–Kier alpha value is -8.92. The molecular formula is C64H42N2O. The standard InChI is InChI=1S/C64H42N2O/c1-2-17-46-42-47(33-32-43(46)16-1)51-19-5-10-27-59(51)65(49-40-36-45(37-41-49)52-25-15-26-58-57-24-9-14-31-63(57)67-64(52)58)48-38-34-44(35-39-48)50-18-3-4-20-53(50)54-21-6-11-28-60(54)66-61-29-12-7-22-55(61)56-23-8-13-30-62(56)66/h1-42H. The van der Waals surface area contributed by atoms with Crippen LogP contribution in [0.5, 0.6) is 0 Å². The molecule has 3 nitrogen and oxygen atoms in total. The van der Waals surface area contributed by atoms with Crippen LogP contribution in [0.3, 0.4) is 0 Å². The number of hydrogen-bond acceptors (Lipinski definition) is 2. The third-order valence-corrected chi connectivity index (χ3v) is 13.4. The van der Waals surface area contributed by atoms with Crippen LogP contribution in [0.4, 0.5) is 17.1 Å². The lowest BCUT2D eigenvalue weighted by Crippen LogP contribution is -2.11. The van der Waals surface area contributed by atoms with Crippen LogP contribution in [-0.2, 0) is 0 Å². The molecule has 0 amide bonds. The molecule has 0 saturated carbocycles. The molecule has 67 heavy (non-hydrogen) atoms. The average molecular weight is 855 g/mol. The van der Waals surface area contributed by atoms with Gasteiger partial charge in [0, 0.05) is 49.6 Å². The van der Waals surface area contributed by atoms with Gasteiger partial charge in [0.2, 0.25) is 0 Å². The summed E-state index contributed by atoms with van der Waals surface area (Å²) in [7, 11) is 0. The largest absolute Gasteiger partial charge is 0.455 e. The minimum absolute atomic E-state index is 0.900. The maximum Gasteiger partial charge on any atom is 0.143 e. The lowest BCUT2D eigenvalue weighted by Gasteiger charge is -2.28. The van der Waals surface area contributed by atoms with Crippen molar-refractivity contribution in [3.63, 3.8) is 0 Å². The lowest BCUT2D eigenvalue weighted by atomic mass is 9.93. The molecule has 11 aromatic carbocycles. The van der Waals surface area contributed by atoms with Crippen molar-refractivity contribution in [2.75, 3.05) is 4.90 Å². The topological polar surface area (TPSA) is 21.3 Å². The van der Waals surface area contributed by atoms with Gasteiger partial charge in [0.25, 0.3) is 0 Å². The number of aromatic nitrogens is 1. The second-order valence-corrected chi connectivity index (χ2v) is 17.2. The van der Waals surface area contributed by atoms with Crippen LogP contribution < -0.4 is 4.90 Å². The van der Waals surface area contributed by atoms with Gasteiger partial charge in [-0.15, -0.1) is 0 Å². The Kier molecular flexibility index (Phi) is 9.17. The molecular weight excluding hydrogens is 813 g/mol. The molecule has 0 N–H and O–H groups in total. The Balaban J connectivity index is 0.935. The van der Waals surface area contributed by atoms with Gasteiger partial charge in [-0.3, -0.25) is 0 Å². The van der Waals surface area contributed by atoms with Crippen LogP contribution in [0.1, 0.15) is 0 Å². The van der Waals surface area contributed by atoms with Crippen LogP contribution in [0.2, 0.25) is 0 Å². The number of furan rings is 1. The van der Waals surface area contributed by atoms with E-state index in [1.807, 2.05) is 12.1 Å². The summed E-state index contributed by atoms with van der Waals surface area (Å²) in [6.45, 7) is 0. The zero-order chi connectivity index (χ0) is 44.3. The predicted molar refractivity (Wildman–Crippen MR) is 282 cm³/mol. The highest BCUT2D eigenvalue weighted by Crippen LogP contribution is 2.45. The first kappa shape index (κ1) is 38.5. The second kappa shape index (κ2) is 16.0. The molecule has 0 radical (unpaired) electrons. The molecule has 0 aliphatic heterocycles. The smallest absolute Gasteiger partial charge is 0.143 e. The highest BCUT2D eigenvalue weighted by molar-refractivity contribution is 6.11. The zero-order valence-electron chi connectivity index (χ0n) is 36.6. The predicted octanol–water partition coefficient (Wildman–Crippen LogP) is 18.0. The SMILES string of the molecule is c1ccc(-c2ccccc2-n2c3ccccc3c3ccccc32)c(-c2ccc(N(c3ccc(-c4cccc5c4oc4ccccc45)cc3)c3ccccc3-c3ccc4ccccc4c3)cc2)c1. The molecule has 0 aliphatic carbocycles. The lowest BCUT2D eigenvalue weighted by molar-refractivity contribution is 0.670. The first-order valence-corrected chi connectivity index (χ1v) is 22.9. The zero-order valence-corrected chi connectivity index (χ0v) is 36.6. The molecule has 0 aliphatic rings. The number of hydrogen-bond donors (Lipinski definition) is 0. The Bertz CT molecular complexity index is 3930. The van der Waals surface area contributed by atoms with E-state index in [1.165, 1.54) is 54.8 Å². The number of para-hydroxylation sites is 6. The third-order valence-electron chi connectivity index (χ3n) is 13.4. The number of rotatable bonds is 8. The molecule has 13 rings (SSSR count). The van der Waals surface area contributed by atoms with Gasteiger partial charge in [-0.2, -0.15) is 0 Å². The Morgan fingerprint density at radius 1 is 0.313 bits per heavy atom. The molecule has 13 aromatic rings. The summed E-state index contributed by atoms with van der Waals surface area (Å²) in [4.78, 5) is 2.39. The maximum atomic E-state index is 6.48. The molecule has 0 bridgehead atoms. The Morgan fingerprint density at radius 3 is 1.55 bits per heavy atom. The van der Waals surface area contributed by atoms with Crippen molar-refractivity contribution in [3.05, 3.63) is 255 Å². The number of anilines is 3. The van der Waals surface area contributed by atoms with Gasteiger partial charge in [0.1, 0.15) is 11.2 Å². The summed E-state index contributed by atoms with van der Waals surface area (Å²) in [5.74, 6) is 0. The highest BCUT2D eigenvalue weighted by Gasteiger charge is 2.21. The van der Waals surface area contributed by atoms with E-state index in [0.717, 1.165) is 66.9 Å². The minimum atomic E-state index is 0.900. The summed E-state index contributed by atoms with van der Waals surface area (Å²) in [6, 6.07) is 91.9. The molecule has 0 fully saturated rings. The van der Waals surface area contributed by atoms with Gasteiger partial charge in [-0.25, -0.2) is 0 Å². The average Bonchev–Trinajstić information content (AvgIpc) is 3.95. The van der Waals surface area contributed by atoms with Crippen LogP contribution >= 0.6 is 0 Å². The van der Waals surface area contributed by atoms with Crippen molar-refractivity contribution in [1.29, 1.82) is 0 Å². The monoisotopic (exact) mass is 854 g/mol. The van der Waals surface area contributed by atoms with E-state index in [9.17, 15) is 0 Å². The van der Waals surface area contributed by atoms with Crippen molar-refractivity contribution in [2.45, 2.75) is 0 Å². The highest BCUT2D eigenvalue weighted by atomic mass is 16.3. The summed E-state index contributed by atoms with van der Waals surface area (Å²) < 4.78 is 8.91. The fraction of sp³-hybridized carbons (Fsp3) is 0. The fourth-order valence-electron chi connectivity index (χ4n) is 10.3. The van der Waals surface area contributed by atoms with E-state index in [0.29, 0.717) is 0 Å². The minimum Gasteiger partial charge on any atom is -0.455 e. The van der Waals surface area contributed by atoms with E-state index in [-0.39, 0.29) is 0 Å². The van der Waals surface area contributed by atoms with Gasteiger partial charge in [-0.1, -0.05) is 194 Å². The Morgan fingerprint density at radius 2 is 0.821 bits per heavy atom. The number of nitrogens with zero attached hydrogens (tertiary/aromatic N) is 2. The molecule has 2 aromatic heterocycles. The fourth-order valence-corrected chi connectivity index (χ4v) is 10.3. The quantitative estimate of drug-likeness (QED) is 0.152. The molecule has 3 heteroatoms. The van der Waals surface area contributed by atoms with E-state index >= 15 is 0 Å². The summed E-state index contributed by atoms with van der Waals surface area (Å²) >= 11 is 0. The first-order chi connectivity index (χ1) is 33.2. The van der Waals surface area contributed by atoms with Crippen molar-refractivity contribution in [3.8, 4) is 50.2 Å². The molecule has 0 saturated heterocycles. The van der Waals surface area contributed by atoms with Gasteiger partial charge in [0.05, 0.1) is 22.4 Å². The van der Waals surface area contributed by atoms with Gasteiger partial charge < -0.3 is 13.9 Å². The van der Waals surface area contributed by atoms with Crippen LogP contribution in [0.25, 0.3) is 105 Å². The van der Waals surface area contributed by atoms with Gasteiger partial charge in [-0.05, 0) is 99.3 Å². The molecule has 314 valence electrons. The van der Waals surface area contributed by atoms with Crippen molar-refractivity contribution >= 4 is 71.6 Å².